The van der Waals surface area contributed by atoms with Gasteiger partial charge in [0.1, 0.15) is 6.54 Å². The minimum atomic E-state index is -1.03. The number of rotatable bonds is 4. The van der Waals surface area contributed by atoms with E-state index in [0.717, 1.165) is 4.90 Å². The summed E-state index contributed by atoms with van der Waals surface area (Å²) in [5, 5.41) is 8.41. The Balaban J connectivity index is 4.02. The van der Waals surface area contributed by atoms with Crippen molar-refractivity contribution in [3.05, 3.63) is 0 Å². The Morgan fingerprint density at radius 3 is 2.42 bits per heavy atom. The molecule has 0 saturated heterocycles. The van der Waals surface area contributed by atoms with Crippen LogP contribution in [0.25, 0.3) is 0 Å². The molecule has 0 saturated carbocycles. The molecule has 70 valence electrons. The number of aliphatic carboxylic acids is 1. The number of carboxylic acids is 1. The van der Waals surface area contributed by atoms with Crippen LogP contribution in [0.2, 0.25) is 0 Å². The summed E-state index contributed by atoms with van der Waals surface area (Å²) >= 11 is 0. The first-order valence-corrected chi connectivity index (χ1v) is 3.66. The van der Waals surface area contributed by atoms with Crippen LogP contribution in [0.4, 0.5) is 4.79 Å². The van der Waals surface area contributed by atoms with Gasteiger partial charge >= 0.3 is 12.1 Å². The molecule has 0 rings (SSSR count). The first-order chi connectivity index (χ1) is 5.61. The van der Waals surface area contributed by atoms with Gasteiger partial charge in [0.2, 0.25) is 0 Å². The van der Waals surface area contributed by atoms with E-state index in [1.54, 1.807) is 0 Å². The molecule has 5 nitrogen and oxygen atoms in total. The van der Waals surface area contributed by atoms with Crippen molar-refractivity contribution in [2.75, 3.05) is 20.2 Å². The second kappa shape index (κ2) is 5.40. The van der Waals surface area contributed by atoms with E-state index < -0.39 is 12.1 Å². The number of carbonyl (C=O) groups excluding carboxylic acids is 1. The zero-order valence-electron chi connectivity index (χ0n) is 7.24. The lowest BCUT2D eigenvalue weighted by atomic mass is 10.4. The van der Waals surface area contributed by atoms with E-state index >= 15 is 0 Å². The monoisotopic (exact) mass is 175 g/mol. The fraction of sp³-hybridized carbons (Fsp3) is 0.714. The first kappa shape index (κ1) is 10.7. The van der Waals surface area contributed by atoms with Gasteiger partial charge in [-0.15, -0.1) is 0 Å². The Morgan fingerprint density at radius 2 is 2.08 bits per heavy atom. The van der Waals surface area contributed by atoms with Gasteiger partial charge in [-0.1, -0.05) is 6.92 Å². The summed E-state index contributed by atoms with van der Waals surface area (Å²) in [6.45, 7) is 1.96. The minimum absolute atomic E-state index is 0.305. The standard InChI is InChI=1S/C7H13NO4/c1-3-4-8(5-6(9)10)7(11)12-2/h3-5H2,1-2H3,(H,9,10). The fourth-order valence-electron chi connectivity index (χ4n) is 0.797. The van der Waals surface area contributed by atoms with Crippen LogP contribution >= 0.6 is 0 Å². The lowest BCUT2D eigenvalue weighted by Crippen LogP contribution is -2.36. The summed E-state index contributed by atoms with van der Waals surface area (Å²) in [4.78, 5) is 22.3. The van der Waals surface area contributed by atoms with E-state index in [-0.39, 0.29) is 6.54 Å². The predicted molar refractivity (Wildman–Crippen MR) is 41.9 cm³/mol. The molecule has 1 amide bonds. The molecule has 0 aliphatic carbocycles. The van der Waals surface area contributed by atoms with Crippen molar-refractivity contribution in [2.24, 2.45) is 0 Å². The summed E-state index contributed by atoms with van der Waals surface area (Å²) in [7, 11) is 1.23. The summed E-state index contributed by atoms with van der Waals surface area (Å²) in [6.07, 6.45) is 0.113. The Morgan fingerprint density at radius 1 is 1.50 bits per heavy atom. The fourth-order valence-corrected chi connectivity index (χ4v) is 0.797. The molecule has 0 radical (unpaired) electrons. The molecule has 0 spiro atoms. The highest BCUT2D eigenvalue weighted by Crippen LogP contribution is 1.94. The van der Waals surface area contributed by atoms with Gasteiger partial charge in [0.25, 0.3) is 0 Å². The van der Waals surface area contributed by atoms with Crippen LogP contribution in [0.1, 0.15) is 13.3 Å². The minimum Gasteiger partial charge on any atom is -0.480 e. The van der Waals surface area contributed by atoms with Gasteiger partial charge in [-0.05, 0) is 6.42 Å². The van der Waals surface area contributed by atoms with Crippen molar-refractivity contribution in [2.45, 2.75) is 13.3 Å². The van der Waals surface area contributed by atoms with Gasteiger partial charge in [0.15, 0.2) is 0 Å². The van der Waals surface area contributed by atoms with Crippen LogP contribution in [-0.2, 0) is 9.53 Å². The van der Waals surface area contributed by atoms with Crippen molar-refractivity contribution in [1.29, 1.82) is 0 Å². The largest absolute Gasteiger partial charge is 0.480 e. The van der Waals surface area contributed by atoms with Crippen LogP contribution < -0.4 is 0 Å². The van der Waals surface area contributed by atoms with Crippen molar-refractivity contribution in [3.63, 3.8) is 0 Å². The second-order valence-corrected chi connectivity index (χ2v) is 2.29. The van der Waals surface area contributed by atoms with E-state index in [9.17, 15) is 9.59 Å². The molecule has 0 aliphatic heterocycles. The van der Waals surface area contributed by atoms with E-state index in [0.29, 0.717) is 13.0 Å². The van der Waals surface area contributed by atoms with Crippen LogP contribution in [0.5, 0.6) is 0 Å². The third kappa shape index (κ3) is 3.80. The number of hydrogen-bond donors (Lipinski definition) is 1. The van der Waals surface area contributed by atoms with Crippen molar-refractivity contribution < 1.29 is 19.4 Å². The lowest BCUT2D eigenvalue weighted by molar-refractivity contribution is -0.137. The Hall–Kier alpha value is -1.26. The van der Waals surface area contributed by atoms with Crippen molar-refractivity contribution in [3.8, 4) is 0 Å². The number of carboxylic acid groups (broad SMARTS) is 1. The second-order valence-electron chi connectivity index (χ2n) is 2.29. The molecule has 0 bridgehead atoms. The van der Waals surface area contributed by atoms with Gasteiger partial charge in [0.05, 0.1) is 7.11 Å². The third-order valence-corrected chi connectivity index (χ3v) is 1.25. The van der Waals surface area contributed by atoms with Crippen molar-refractivity contribution >= 4 is 12.1 Å². The van der Waals surface area contributed by atoms with Gasteiger partial charge < -0.3 is 9.84 Å². The van der Waals surface area contributed by atoms with E-state index in [1.807, 2.05) is 6.92 Å². The van der Waals surface area contributed by atoms with Crippen LogP contribution in [-0.4, -0.2) is 42.3 Å². The summed E-state index contributed by atoms with van der Waals surface area (Å²) in [6, 6.07) is 0. The van der Waals surface area contributed by atoms with Crippen LogP contribution in [0, 0.1) is 0 Å². The van der Waals surface area contributed by atoms with E-state index in [4.69, 9.17) is 5.11 Å². The Bertz CT molecular complexity index is 169. The first-order valence-electron chi connectivity index (χ1n) is 3.66. The third-order valence-electron chi connectivity index (χ3n) is 1.25. The molecule has 0 unspecified atom stereocenters. The topological polar surface area (TPSA) is 66.8 Å². The Kier molecular flexibility index (Phi) is 4.83. The predicted octanol–water partition coefficient (Wildman–Crippen LogP) is 0.549. The highest BCUT2D eigenvalue weighted by molar-refractivity contribution is 5.76. The zero-order chi connectivity index (χ0) is 9.56. The number of carbonyl (C=O) groups is 2. The van der Waals surface area contributed by atoms with Gasteiger partial charge in [-0.2, -0.15) is 0 Å². The maximum absolute atomic E-state index is 10.9. The SMILES string of the molecule is CCCN(CC(=O)O)C(=O)OC. The summed E-state index contributed by atoms with van der Waals surface area (Å²) in [5.74, 6) is -1.03. The number of methoxy groups -OCH3 is 1. The molecular formula is C7H13NO4. The number of ether oxygens (including phenoxy) is 1. The van der Waals surface area contributed by atoms with Gasteiger partial charge in [-0.3, -0.25) is 9.69 Å². The molecule has 0 fully saturated rings. The van der Waals surface area contributed by atoms with Gasteiger partial charge in [0, 0.05) is 6.54 Å². The maximum atomic E-state index is 10.9. The van der Waals surface area contributed by atoms with Crippen LogP contribution in [0.3, 0.4) is 0 Å². The summed E-state index contributed by atoms with van der Waals surface area (Å²) in [5.41, 5.74) is 0. The molecule has 5 heteroatoms. The van der Waals surface area contributed by atoms with E-state index in [1.165, 1.54) is 7.11 Å². The number of amides is 1. The smallest absolute Gasteiger partial charge is 0.410 e. The molecule has 0 heterocycles. The van der Waals surface area contributed by atoms with Crippen molar-refractivity contribution in [1.82, 2.24) is 4.90 Å². The Labute approximate surface area is 70.9 Å². The molecule has 1 N–H and O–H groups in total. The highest BCUT2D eigenvalue weighted by atomic mass is 16.5. The molecular weight excluding hydrogens is 162 g/mol. The molecule has 0 atom stereocenters. The number of nitrogens with zero attached hydrogens (tertiary/aromatic N) is 1. The van der Waals surface area contributed by atoms with Gasteiger partial charge in [-0.25, -0.2) is 4.79 Å². The number of hydrogen-bond acceptors (Lipinski definition) is 3. The van der Waals surface area contributed by atoms with E-state index in [2.05, 4.69) is 4.74 Å². The maximum Gasteiger partial charge on any atom is 0.410 e. The average Bonchev–Trinajstić information content (AvgIpc) is 2.01. The highest BCUT2D eigenvalue weighted by Gasteiger charge is 2.15. The molecule has 12 heavy (non-hydrogen) atoms. The quantitative estimate of drug-likeness (QED) is 0.677. The molecule has 0 aliphatic rings. The summed E-state index contributed by atoms with van der Waals surface area (Å²) < 4.78 is 4.39. The normalized spacial score (nSPS) is 9.17. The molecule has 0 aromatic carbocycles. The lowest BCUT2D eigenvalue weighted by Gasteiger charge is -2.17. The zero-order valence-corrected chi connectivity index (χ0v) is 7.24. The average molecular weight is 175 g/mol. The van der Waals surface area contributed by atoms with Crippen LogP contribution in [0.15, 0.2) is 0 Å². The molecule has 0 aromatic heterocycles. The molecule has 0 aromatic rings.